The number of amides is 2. The Kier molecular flexibility index (Phi) is 4.57. The fourth-order valence-electron chi connectivity index (χ4n) is 6.10. The van der Waals surface area contributed by atoms with Gasteiger partial charge in [-0.15, -0.1) is 0 Å². The number of carbonyl (C=O) groups excluding carboxylic acids is 2. The number of rotatable bonds is 3. The van der Waals surface area contributed by atoms with Crippen molar-refractivity contribution in [1.29, 1.82) is 0 Å². The molecule has 6 nitrogen and oxygen atoms in total. The molecule has 1 saturated carbocycles. The van der Waals surface area contributed by atoms with E-state index >= 15 is 0 Å². The lowest BCUT2D eigenvalue weighted by molar-refractivity contribution is -0.117. The van der Waals surface area contributed by atoms with Crippen LogP contribution >= 0.6 is 0 Å². The zero-order chi connectivity index (χ0) is 21.8. The monoisotopic (exact) mass is 418 g/mol. The number of fused-ring (bicyclic) bond motifs is 3. The average molecular weight is 419 g/mol. The third kappa shape index (κ3) is 3.68. The second kappa shape index (κ2) is 7.08. The van der Waals surface area contributed by atoms with Crippen molar-refractivity contribution in [1.82, 2.24) is 9.88 Å². The number of hydrogen-bond acceptors (Lipinski definition) is 4. The summed E-state index contributed by atoms with van der Waals surface area (Å²) in [6.07, 6.45) is 4.90. The quantitative estimate of drug-likeness (QED) is 0.816. The molecule has 3 aliphatic rings. The minimum Gasteiger partial charge on any atom is -0.359 e. The Hall–Kier alpha value is -2.89. The van der Waals surface area contributed by atoms with Gasteiger partial charge in [-0.1, -0.05) is 51.1 Å². The van der Waals surface area contributed by atoms with E-state index in [2.05, 4.69) is 36.0 Å². The van der Waals surface area contributed by atoms with Crippen LogP contribution in [0.25, 0.3) is 0 Å². The van der Waals surface area contributed by atoms with Gasteiger partial charge in [0.2, 0.25) is 5.91 Å². The summed E-state index contributed by atoms with van der Waals surface area (Å²) in [5.74, 6) is 0.661. The van der Waals surface area contributed by atoms with Crippen LogP contribution in [0.1, 0.15) is 56.0 Å². The summed E-state index contributed by atoms with van der Waals surface area (Å²) in [6, 6.07) is 12.0. The highest BCUT2D eigenvalue weighted by molar-refractivity contribution is 6.04. The van der Waals surface area contributed by atoms with Crippen LogP contribution in [0.4, 0.5) is 11.5 Å². The number of nitrogens with one attached hydrogen (secondary N) is 1. The molecule has 2 fully saturated rings. The van der Waals surface area contributed by atoms with Crippen LogP contribution in [0.3, 0.4) is 0 Å². The minimum absolute atomic E-state index is 0.0194. The van der Waals surface area contributed by atoms with E-state index in [1.807, 2.05) is 36.4 Å². The lowest BCUT2D eigenvalue weighted by Crippen LogP contribution is -2.40. The van der Waals surface area contributed by atoms with Gasteiger partial charge in [0.1, 0.15) is 0 Å². The SMILES string of the molecule is CC1(C)C[C@@H]2C[C@@](C)(CN2C(=O)c2cnc3c(c2)N(Cc2ccccc2)C(=O)CN3)C1. The van der Waals surface area contributed by atoms with Gasteiger partial charge in [-0.25, -0.2) is 4.98 Å². The molecule has 3 heterocycles. The zero-order valence-corrected chi connectivity index (χ0v) is 18.5. The van der Waals surface area contributed by atoms with Crippen molar-refractivity contribution in [3.05, 3.63) is 53.7 Å². The summed E-state index contributed by atoms with van der Waals surface area (Å²) in [5.41, 5.74) is 2.72. The third-order valence-electron chi connectivity index (χ3n) is 6.97. The molecule has 162 valence electrons. The Morgan fingerprint density at radius 1 is 1.19 bits per heavy atom. The maximum absolute atomic E-state index is 13.5. The molecule has 1 saturated heterocycles. The molecule has 6 heteroatoms. The molecule has 2 bridgehead atoms. The molecule has 1 aromatic carbocycles. The van der Waals surface area contributed by atoms with Crippen LogP contribution in [-0.4, -0.2) is 40.8 Å². The standard InChI is InChI=1S/C25H30N4O2/c1-24(2)10-19-11-25(3,15-24)16-29(19)23(31)18-9-20-22(26-12-18)27-13-21(30)28(20)14-17-7-5-4-6-8-17/h4-9,12,19H,10-11,13-16H2,1-3H3,(H,26,27)/t19-,25-/m1/s1. The van der Waals surface area contributed by atoms with Crippen LogP contribution in [-0.2, 0) is 11.3 Å². The maximum Gasteiger partial charge on any atom is 0.255 e. The van der Waals surface area contributed by atoms with Gasteiger partial charge in [0.15, 0.2) is 5.82 Å². The van der Waals surface area contributed by atoms with E-state index in [0.717, 1.165) is 31.4 Å². The normalized spacial score (nSPS) is 26.4. The van der Waals surface area contributed by atoms with Gasteiger partial charge in [0, 0.05) is 18.8 Å². The van der Waals surface area contributed by atoms with Gasteiger partial charge in [-0.05, 0) is 41.7 Å². The molecule has 5 rings (SSSR count). The molecule has 1 aliphatic carbocycles. The van der Waals surface area contributed by atoms with Gasteiger partial charge >= 0.3 is 0 Å². The summed E-state index contributed by atoms with van der Waals surface area (Å²) in [5, 5.41) is 3.09. The molecule has 2 amide bonds. The summed E-state index contributed by atoms with van der Waals surface area (Å²) in [4.78, 5) is 34.5. The molecule has 2 atom stereocenters. The number of nitrogens with zero attached hydrogens (tertiary/aromatic N) is 3. The number of aromatic nitrogens is 1. The largest absolute Gasteiger partial charge is 0.359 e. The molecule has 0 radical (unpaired) electrons. The van der Waals surface area contributed by atoms with Crippen LogP contribution in [0, 0.1) is 10.8 Å². The van der Waals surface area contributed by atoms with Crippen LogP contribution < -0.4 is 10.2 Å². The Morgan fingerprint density at radius 3 is 2.74 bits per heavy atom. The molecule has 2 aromatic rings. The molecule has 31 heavy (non-hydrogen) atoms. The molecule has 1 aromatic heterocycles. The number of anilines is 2. The lowest BCUT2D eigenvalue weighted by Gasteiger charge is -2.39. The fourth-order valence-corrected chi connectivity index (χ4v) is 6.10. The predicted molar refractivity (Wildman–Crippen MR) is 121 cm³/mol. The average Bonchev–Trinajstić information content (AvgIpc) is 2.98. The second-order valence-electron chi connectivity index (χ2n) is 10.6. The van der Waals surface area contributed by atoms with Gasteiger partial charge in [-0.3, -0.25) is 9.59 Å². The van der Waals surface area contributed by atoms with E-state index in [-0.39, 0.29) is 35.2 Å². The lowest BCUT2D eigenvalue weighted by atomic mass is 9.65. The molecule has 0 spiro atoms. The summed E-state index contributed by atoms with van der Waals surface area (Å²) in [6.45, 7) is 8.40. The zero-order valence-electron chi connectivity index (χ0n) is 18.5. The Bertz CT molecular complexity index is 1040. The molecular formula is C25H30N4O2. The Labute approximate surface area is 183 Å². The van der Waals surface area contributed by atoms with Crippen molar-refractivity contribution in [3.63, 3.8) is 0 Å². The molecule has 0 unspecified atom stereocenters. The van der Waals surface area contributed by atoms with E-state index in [1.54, 1.807) is 11.1 Å². The predicted octanol–water partition coefficient (Wildman–Crippen LogP) is 4.08. The Morgan fingerprint density at radius 2 is 1.97 bits per heavy atom. The summed E-state index contributed by atoms with van der Waals surface area (Å²) < 4.78 is 0. The highest BCUT2D eigenvalue weighted by Gasteiger charge is 2.51. The van der Waals surface area contributed by atoms with E-state index in [1.165, 1.54) is 0 Å². The van der Waals surface area contributed by atoms with E-state index in [0.29, 0.717) is 23.6 Å². The topological polar surface area (TPSA) is 65.5 Å². The van der Waals surface area contributed by atoms with Crippen LogP contribution in [0.2, 0.25) is 0 Å². The van der Waals surface area contributed by atoms with Gasteiger partial charge in [-0.2, -0.15) is 0 Å². The van der Waals surface area contributed by atoms with Crippen molar-refractivity contribution in [2.75, 3.05) is 23.3 Å². The van der Waals surface area contributed by atoms with E-state index < -0.39 is 0 Å². The highest BCUT2D eigenvalue weighted by Crippen LogP contribution is 2.52. The number of hydrogen-bond donors (Lipinski definition) is 1. The first kappa shape index (κ1) is 20.0. The smallest absolute Gasteiger partial charge is 0.255 e. The Balaban J connectivity index is 1.44. The van der Waals surface area contributed by atoms with Gasteiger partial charge in [0.25, 0.3) is 5.91 Å². The van der Waals surface area contributed by atoms with Crippen molar-refractivity contribution in [3.8, 4) is 0 Å². The van der Waals surface area contributed by atoms with Crippen molar-refractivity contribution in [2.45, 2.75) is 52.6 Å². The van der Waals surface area contributed by atoms with Gasteiger partial charge < -0.3 is 15.1 Å². The van der Waals surface area contributed by atoms with Crippen LogP contribution in [0.5, 0.6) is 0 Å². The molecular weight excluding hydrogens is 388 g/mol. The van der Waals surface area contributed by atoms with Gasteiger partial charge in [0.05, 0.1) is 24.3 Å². The third-order valence-corrected chi connectivity index (χ3v) is 6.97. The van der Waals surface area contributed by atoms with Crippen LogP contribution in [0.15, 0.2) is 42.6 Å². The molecule has 2 aliphatic heterocycles. The van der Waals surface area contributed by atoms with Crippen molar-refractivity contribution >= 4 is 23.3 Å². The first-order valence-corrected chi connectivity index (χ1v) is 11.1. The fraction of sp³-hybridized carbons (Fsp3) is 0.480. The number of benzene rings is 1. The van der Waals surface area contributed by atoms with E-state index in [9.17, 15) is 9.59 Å². The first-order valence-electron chi connectivity index (χ1n) is 11.1. The number of carbonyl (C=O) groups is 2. The number of likely N-dealkylation sites (tertiary alicyclic amines) is 1. The summed E-state index contributed by atoms with van der Waals surface area (Å²) in [7, 11) is 0. The van der Waals surface area contributed by atoms with E-state index in [4.69, 9.17) is 0 Å². The maximum atomic E-state index is 13.5. The summed E-state index contributed by atoms with van der Waals surface area (Å²) >= 11 is 0. The molecule has 1 N–H and O–H groups in total. The minimum atomic E-state index is -0.0194. The first-order chi connectivity index (χ1) is 14.7. The van der Waals surface area contributed by atoms with Crippen molar-refractivity contribution in [2.24, 2.45) is 10.8 Å². The highest BCUT2D eigenvalue weighted by atomic mass is 16.2. The van der Waals surface area contributed by atoms with Crippen molar-refractivity contribution < 1.29 is 9.59 Å². The second-order valence-corrected chi connectivity index (χ2v) is 10.6. The number of pyridine rings is 1.